The topological polar surface area (TPSA) is 70.9 Å². The van der Waals surface area contributed by atoms with Gasteiger partial charge in [0.05, 0.1) is 34.4 Å². The van der Waals surface area contributed by atoms with Gasteiger partial charge in [-0.1, -0.05) is 18.2 Å². The molecule has 2 aromatic carbocycles. The maximum Gasteiger partial charge on any atom is 0.350 e. The minimum Gasteiger partial charge on any atom is -0.370 e. The zero-order valence-electron chi connectivity index (χ0n) is 25.0. The normalized spacial score (nSPS) is 26.0. The van der Waals surface area contributed by atoms with Gasteiger partial charge in [0, 0.05) is 72.0 Å². The van der Waals surface area contributed by atoms with Crippen molar-refractivity contribution in [1.82, 2.24) is 19.4 Å². The van der Waals surface area contributed by atoms with Crippen molar-refractivity contribution < 1.29 is 22.7 Å². The number of benzene rings is 2. The molecule has 0 spiro atoms. The smallest absolute Gasteiger partial charge is 0.350 e. The highest BCUT2D eigenvalue weighted by molar-refractivity contribution is 7.99. The maximum absolute atomic E-state index is 15.2. The standard InChI is InChI=1S/C32H33ClF3N5O3S/c1-4-25(42)38-8-9-40(17(2)13-38)30-20-12-21(33)26(27-22(35)10-18(34)11-23(27)36)29-28(20)41(31(43)37-30)19(15-45-29)6-5-7-39-16-32(3)24(39)14-44-32/h4,10-12,17,19,24H,1,5-9,13-16H2,2-3H3/t17-,19+,24+,32?/m0/s1. The number of piperazine rings is 1. The average Bonchev–Trinajstić information content (AvgIpc) is 2.99. The second-order valence-corrected chi connectivity index (χ2v) is 14.0. The van der Waals surface area contributed by atoms with E-state index in [9.17, 15) is 14.0 Å². The van der Waals surface area contributed by atoms with Crippen LogP contribution in [0.2, 0.25) is 5.02 Å². The molecule has 1 unspecified atom stereocenters. The molecular weight excluding hydrogens is 627 g/mol. The van der Waals surface area contributed by atoms with Crippen molar-refractivity contribution in [2.45, 2.75) is 55.3 Å². The zero-order chi connectivity index (χ0) is 31.8. The lowest BCUT2D eigenvalue weighted by Crippen LogP contribution is -2.78. The van der Waals surface area contributed by atoms with E-state index < -0.39 is 28.7 Å². The first-order valence-corrected chi connectivity index (χ1v) is 16.5. The van der Waals surface area contributed by atoms with E-state index in [0.29, 0.717) is 71.6 Å². The molecule has 0 aliphatic carbocycles. The number of thioether (sulfide) groups is 1. The van der Waals surface area contributed by atoms with E-state index in [2.05, 4.69) is 23.4 Å². The Labute approximate surface area is 267 Å². The van der Waals surface area contributed by atoms with Crippen molar-refractivity contribution in [2.75, 3.05) is 50.0 Å². The Kier molecular flexibility index (Phi) is 7.70. The molecule has 0 saturated carbocycles. The van der Waals surface area contributed by atoms with Gasteiger partial charge in [0.25, 0.3) is 0 Å². The highest BCUT2D eigenvalue weighted by atomic mass is 35.5. The van der Waals surface area contributed by atoms with Gasteiger partial charge < -0.3 is 14.5 Å². The number of amides is 1. The first-order valence-electron chi connectivity index (χ1n) is 15.1. The largest absolute Gasteiger partial charge is 0.370 e. The molecule has 13 heteroatoms. The fourth-order valence-corrected chi connectivity index (χ4v) is 9.09. The van der Waals surface area contributed by atoms with Crippen molar-refractivity contribution in [1.29, 1.82) is 0 Å². The summed E-state index contributed by atoms with van der Waals surface area (Å²) in [7, 11) is 0. The van der Waals surface area contributed by atoms with Crippen molar-refractivity contribution in [3.8, 4) is 11.1 Å². The number of nitrogens with zero attached hydrogens (tertiary/aromatic N) is 5. The predicted molar refractivity (Wildman–Crippen MR) is 169 cm³/mol. The molecule has 4 aliphatic rings. The summed E-state index contributed by atoms with van der Waals surface area (Å²) >= 11 is 8.21. The van der Waals surface area contributed by atoms with Crippen LogP contribution in [0.3, 0.4) is 0 Å². The number of hydrogen-bond acceptors (Lipinski definition) is 7. The summed E-state index contributed by atoms with van der Waals surface area (Å²) in [4.78, 5) is 37.4. The van der Waals surface area contributed by atoms with E-state index in [4.69, 9.17) is 16.3 Å². The molecule has 8 nitrogen and oxygen atoms in total. The molecule has 3 aromatic rings. The molecule has 0 radical (unpaired) electrons. The van der Waals surface area contributed by atoms with Crippen LogP contribution in [0, 0.1) is 17.5 Å². The fourth-order valence-electron chi connectivity index (χ4n) is 7.36. The van der Waals surface area contributed by atoms with Gasteiger partial charge in [0.1, 0.15) is 23.3 Å². The second-order valence-electron chi connectivity index (χ2n) is 12.5. The minimum atomic E-state index is -1.07. The van der Waals surface area contributed by atoms with Gasteiger partial charge in [0.2, 0.25) is 5.91 Å². The Hall–Kier alpha value is -3.06. The number of carbonyl (C=O) groups is 1. The number of aromatic nitrogens is 2. The summed E-state index contributed by atoms with van der Waals surface area (Å²) in [6, 6.07) is 2.90. The van der Waals surface area contributed by atoms with Crippen LogP contribution in [0.5, 0.6) is 0 Å². The molecule has 1 aromatic heterocycles. The zero-order valence-corrected chi connectivity index (χ0v) is 26.6. The number of carbonyl (C=O) groups excluding carboxylic acids is 1. The van der Waals surface area contributed by atoms with Gasteiger partial charge in [-0.2, -0.15) is 4.98 Å². The van der Waals surface area contributed by atoms with Crippen LogP contribution in [0.4, 0.5) is 19.0 Å². The van der Waals surface area contributed by atoms with Crippen LogP contribution in [0.1, 0.15) is 32.7 Å². The van der Waals surface area contributed by atoms with Gasteiger partial charge in [-0.3, -0.25) is 14.3 Å². The Morgan fingerprint density at radius 3 is 2.60 bits per heavy atom. The Balaban J connectivity index is 1.32. The van der Waals surface area contributed by atoms with Crippen molar-refractivity contribution in [3.63, 3.8) is 0 Å². The first-order chi connectivity index (χ1) is 21.5. The quantitative estimate of drug-likeness (QED) is 0.321. The minimum absolute atomic E-state index is 0.0371. The van der Waals surface area contributed by atoms with Crippen LogP contribution < -0.4 is 10.6 Å². The number of anilines is 1. The highest BCUT2D eigenvalue weighted by Gasteiger charge is 2.57. The first kappa shape index (κ1) is 30.6. The van der Waals surface area contributed by atoms with E-state index in [1.54, 1.807) is 15.5 Å². The van der Waals surface area contributed by atoms with Crippen molar-refractivity contribution >= 4 is 46.0 Å². The van der Waals surface area contributed by atoms with Gasteiger partial charge in [0.15, 0.2) is 0 Å². The number of halogens is 4. The van der Waals surface area contributed by atoms with Crippen LogP contribution in [-0.4, -0.2) is 88.0 Å². The van der Waals surface area contributed by atoms with Crippen LogP contribution in [0.25, 0.3) is 22.0 Å². The molecule has 1 amide bonds. The molecule has 0 N–H and O–H groups in total. The molecule has 7 rings (SSSR count). The fraction of sp³-hybridized carbons (Fsp3) is 0.469. The Morgan fingerprint density at radius 1 is 1.22 bits per heavy atom. The molecule has 45 heavy (non-hydrogen) atoms. The van der Waals surface area contributed by atoms with Crippen molar-refractivity contribution in [3.05, 3.63) is 63.8 Å². The van der Waals surface area contributed by atoms with Gasteiger partial charge in [-0.25, -0.2) is 18.0 Å². The third kappa shape index (κ3) is 4.95. The van der Waals surface area contributed by atoms with Crippen LogP contribution in [0.15, 0.2) is 40.5 Å². The molecule has 238 valence electrons. The van der Waals surface area contributed by atoms with E-state index in [1.807, 2.05) is 11.8 Å². The average molecular weight is 660 g/mol. The van der Waals surface area contributed by atoms with Gasteiger partial charge in [-0.15, -0.1) is 11.8 Å². The Morgan fingerprint density at radius 2 is 1.98 bits per heavy atom. The maximum atomic E-state index is 15.2. The summed E-state index contributed by atoms with van der Waals surface area (Å²) in [5, 5.41) is 0.650. The third-order valence-electron chi connectivity index (χ3n) is 9.74. The summed E-state index contributed by atoms with van der Waals surface area (Å²) in [6.07, 6.45) is 2.84. The summed E-state index contributed by atoms with van der Waals surface area (Å²) < 4.78 is 51.6. The molecule has 3 saturated heterocycles. The SMILES string of the molecule is C=CC(=O)N1CCN(c2nc(=O)n3c4c(c(-c5c(F)cc(F)cc5F)c(Cl)cc24)SC[C@H]3CCCN2CC3(C)OC[C@@H]23)[C@@H](C)C1. The Bertz CT molecular complexity index is 1780. The van der Waals surface area contributed by atoms with Gasteiger partial charge in [-0.05, 0) is 45.4 Å². The summed E-state index contributed by atoms with van der Waals surface area (Å²) in [6.45, 7) is 11.4. The lowest BCUT2D eigenvalue weighted by atomic mass is 9.80. The predicted octanol–water partition coefficient (Wildman–Crippen LogP) is 5.26. The second kappa shape index (κ2) is 11.3. The van der Waals surface area contributed by atoms with Crippen LogP contribution in [-0.2, 0) is 9.53 Å². The number of hydrogen-bond donors (Lipinski definition) is 0. The molecular formula is C32H33ClF3N5O3S. The molecule has 4 atom stereocenters. The molecule has 0 bridgehead atoms. The van der Waals surface area contributed by atoms with Crippen molar-refractivity contribution in [2.24, 2.45) is 0 Å². The van der Waals surface area contributed by atoms with Gasteiger partial charge >= 0.3 is 5.69 Å². The number of likely N-dealkylation sites (tertiary alicyclic amines) is 1. The number of rotatable bonds is 7. The van der Waals surface area contributed by atoms with Crippen LogP contribution >= 0.6 is 23.4 Å². The number of fused-ring (bicyclic) bond motifs is 1. The van der Waals surface area contributed by atoms with E-state index in [1.165, 1.54) is 17.8 Å². The summed E-state index contributed by atoms with van der Waals surface area (Å²) in [5.41, 5.74) is -0.333. The van der Waals surface area contributed by atoms with E-state index >= 15 is 8.78 Å². The lowest BCUT2D eigenvalue weighted by molar-refractivity contribution is -0.281. The third-order valence-corrected chi connectivity index (χ3v) is 11.3. The monoisotopic (exact) mass is 659 g/mol. The number of morpholine rings is 1. The number of ether oxygens (including phenoxy) is 1. The summed E-state index contributed by atoms with van der Waals surface area (Å²) in [5.74, 6) is -2.47. The highest BCUT2D eigenvalue weighted by Crippen LogP contribution is 2.49. The molecule has 3 fully saturated rings. The van der Waals surface area contributed by atoms with E-state index in [0.717, 1.165) is 26.1 Å². The van der Waals surface area contributed by atoms with E-state index in [-0.39, 0.29) is 34.2 Å². The molecule has 4 aliphatic heterocycles. The lowest BCUT2D eigenvalue weighted by Gasteiger charge is -2.62. The molecule has 5 heterocycles.